The van der Waals surface area contributed by atoms with Crippen molar-refractivity contribution < 1.29 is 4.74 Å². The topological polar surface area (TPSA) is 39.4 Å². The quantitative estimate of drug-likeness (QED) is 0.401. The van der Waals surface area contributed by atoms with Gasteiger partial charge in [0.1, 0.15) is 0 Å². The number of hydrogen-bond acceptors (Lipinski definition) is 3. The fraction of sp³-hybridized carbons (Fsp3) is 0.455. The van der Waals surface area contributed by atoms with Crippen LogP contribution in [0.2, 0.25) is 0 Å². The second kappa shape index (κ2) is 6.14. The van der Waals surface area contributed by atoms with Gasteiger partial charge in [0.15, 0.2) is 0 Å². The van der Waals surface area contributed by atoms with Gasteiger partial charge in [0.2, 0.25) is 0 Å². The van der Waals surface area contributed by atoms with Gasteiger partial charge < -0.3 is 4.74 Å². The molecule has 1 rings (SSSR count). The maximum absolute atomic E-state index is 5.20. The van der Waals surface area contributed by atoms with Crippen LogP contribution < -0.4 is 0 Å². The molecule has 0 amide bonds. The molecular formula is C11H17N3O. The van der Waals surface area contributed by atoms with Crippen molar-refractivity contribution in [2.75, 3.05) is 19.8 Å². The molecule has 0 radical (unpaired) electrons. The molecule has 0 N–H and O–H groups in total. The van der Waals surface area contributed by atoms with Crippen LogP contribution in [0.5, 0.6) is 0 Å². The zero-order chi connectivity index (χ0) is 11.1. The second-order valence-corrected chi connectivity index (χ2v) is 3.24. The zero-order valence-electron chi connectivity index (χ0n) is 9.31. The first-order valence-electron chi connectivity index (χ1n) is 4.92. The summed E-state index contributed by atoms with van der Waals surface area (Å²) in [5.41, 5.74) is 2.05. The molecular weight excluding hydrogens is 190 g/mol. The molecule has 82 valence electrons. The van der Waals surface area contributed by atoms with Crippen LogP contribution in [0.3, 0.4) is 0 Å². The molecule has 4 heteroatoms. The lowest BCUT2D eigenvalue weighted by Gasteiger charge is -1.95. The van der Waals surface area contributed by atoms with Crippen molar-refractivity contribution in [1.82, 2.24) is 9.78 Å². The predicted octanol–water partition coefficient (Wildman–Crippen LogP) is 1.35. The summed E-state index contributed by atoms with van der Waals surface area (Å²) in [6.45, 7) is 7.41. The van der Waals surface area contributed by atoms with Gasteiger partial charge in [-0.3, -0.25) is 9.67 Å². The number of hydrogen-bond donors (Lipinski definition) is 0. The molecule has 0 saturated carbocycles. The van der Waals surface area contributed by atoms with E-state index < -0.39 is 0 Å². The standard InChI is InChI=1S/C11H17N3O/c1-4-6-15-7-5-12-8-11-9-14(3)13-10(11)2/h4,8-9H,1,5-7H2,2-3H3. The summed E-state index contributed by atoms with van der Waals surface area (Å²) in [5, 5.41) is 4.22. The van der Waals surface area contributed by atoms with Gasteiger partial charge in [-0.25, -0.2) is 0 Å². The lowest BCUT2D eigenvalue weighted by atomic mass is 10.3. The lowest BCUT2D eigenvalue weighted by molar-refractivity contribution is 0.171. The van der Waals surface area contributed by atoms with E-state index in [0.29, 0.717) is 19.8 Å². The van der Waals surface area contributed by atoms with Crippen molar-refractivity contribution in [3.8, 4) is 0 Å². The largest absolute Gasteiger partial charge is 0.375 e. The van der Waals surface area contributed by atoms with Crippen LogP contribution in [0.25, 0.3) is 0 Å². The monoisotopic (exact) mass is 207 g/mol. The first kappa shape index (κ1) is 11.7. The van der Waals surface area contributed by atoms with Crippen molar-refractivity contribution in [3.63, 3.8) is 0 Å². The molecule has 1 heterocycles. The highest BCUT2D eigenvalue weighted by atomic mass is 16.5. The fourth-order valence-corrected chi connectivity index (χ4v) is 1.19. The van der Waals surface area contributed by atoms with Crippen molar-refractivity contribution in [2.45, 2.75) is 6.92 Å². The Hall–Kier alpha value is -1.42. The molecule has 1 aromatic rings. The molecule has 0 atom stereocenters. The fourth-order valence-electron chi connectivity index (χ4n) is 1.19. The van der Waals surface area contributed by atoms with E-state index in [1.165, 1.54) is 0 Å². The van der Waals surface area contributed by atoms with E-state index in [-0.39, 0.29) is 0 Å². The van der Waals surface area contributed by atoms with Crippen LogP contribution in [0.1, 0.15) is 11.3 Å². The number of aliphatic imine (C=N–C) groups is 1. The molecule has 0 aliphatic rings. The Kier molecular flexibility index (Phi) is 4.77. The highest BCUT2D eigenvalue weighted by Gasteiger charge is 1.98. The van der Waals surface area contributed by atoms with Gasteiger partial charge in [-0.2, -0.15) is 5.10 Å². The van der Waals surface area contributed by atoms with Gasteiger partial charge >= 0.3 is 0 Å². The molecule has 0 fully saturated rings. The van der Waals surface area contributed by atoms with E-state index in [4.69, 9.17) is 4.74 Å². The number of rotatable bonds is 6. The minimum Gasteiger partial charge on any atom is -0.375 e. The molecule has 0 aromatic carbocycles. The number of aromatic nitrogens is 2. The van der Waals surface area contributed by atoms with Gasteiger partial charge in [0.25, 0.3) is 0 Å². The lowest BCUT2D eigenvalue weighted by Crippen LogP contribution is -1.98. The van der Waals surface area contributed by atoms with Crippen LogP contribution in [-0.4, -0.2) is 35.8 Å². The van der Waals surface area contributed by atoms with Crippen LogP contribution >= 0.6 is 0 Å². The van der Waals surface area contributed by atoms with Crippen molar-refractivity contribution >= 4 is 6.21 Å². The van der Waals surface area contributed by atoms with Crippen LogP contribution in [0.15, 0.2) is 23.8 Å². The van der Waals surface area contributed by atoms with E-state index in [0.717, 1.165) is 11.3 Å². The minimum absolute atomic E-state index is 0.585. The summed E-state index contributed by atoms with van der Waals surface area (Å²) in [7, 11) is 1.90. The van der Waals surface area contributed by atoms with E-state index in [9.17, 15) is 0 Å². The third-order valence-corrected chi connectivity index (χ3v) is 1.88. The van der Waals surface area contributed by atoms with Gasteiger partial charge in [-0.1, -0.05) is 6.08 Å². The first-order chi connectivity index (χ1) is 7.24. The molecule has 0 spiro atoms. The van der Waals surface area contributed by atoms with Crippen LogP contribution in [0.4, 0.5) is 0 Å². The summed E-state index contributed by atoms with van der Waals surface area (Å²) in [6, 6.07) is 0. The summed E-state index contributed by atoms with van der Waals surface area (Å²) >= 11 is 0. The summed E-state index contributed by atoms with van der Waals surface area (Å²) < 4.78 is 6.99. The van der Waals surface area contributed by atoms with Crippen molar-refractivity contribution in [1.29, 1.82) is 0 Å². The number of ether oxygens (including phenoxy) is 1. The normalized spacial score (nSPS) is 11.1. The van der Waals surface area contributed by atoms with Crippen LogP contribution in [-0.2, 0) is 11.8 Å². The zero-order valence-corrected chi connectivity index (χ0v) is 9.31. The Labute approximate surface area is 90.3 Å². The van der Waals surface area contributed by atoms with Gasteiger partial charge in [-0.05, 0) is 6.92 Å². The maximum atomic E-state index is 5.20. The smallest absolute Gasteiger partial charge is 0.0681 e. The maximum Gasteiger partial charge on any atom is 0.0681 e. The van der Waals surface area contributed by atoms with Gasteiger partial charge in [-0.15, -0.1) is 6.58 Å². The number of aryl methyl sites for hydroxylation is 2. The molecule has 15 heavy (non-hydrogen) atoms. The molecule has 0 aliphatic heterocycles. The Bertz CT molecular complexity index is 342. The summed E-state index contributed by atoms with van der Waals surface area (Å²) in [6.07, 6.45) is 5.51. The van der Waals surface area contributed by atoms with E-state index in [2.05, 4.69) is 16.7 Å². The third kappa shape index (κ3) is 4.08. The molecule has 1 aromatic heterocycles. The van der Waals surface area contributed by atoms with Gasteiger partial charge in [0, 0.05) is 25.0 Å². The van der Waals surface area contributed by atoms with Crippen molar-refractivity contribution in [2.24, 2.45) is 12.0 Å². The third-order valence-electron chi connectivity index (χ3n) is 1.88. The van der Waals surface area contributed by atoms with Gasteiger partial charge in [0.05, 0.1) is 25.5 Å². The van der Waals surface area contributed by atoms with Crippen LogP contribution in [0, 0.1) is 6.92 Å². The van der Waals surface area contributed by atoms with E-state index in [1.807, 2.05) is 26.4 Å². The minimum atomic E-state index is 0.585. The highest BCUT2D eigenvalue weighted by Crippen LogP contribution is 2.00. The molecule has 0 saturated heterocycles. The Morgan fingerprint density at radius 1 is 1.67 bits per heavy atom. The van der Waals surface area contributed by atoms with Crippen molar-refractivity contribution in [3.05, 3.63) is 30.1 Å². The summed E-state index contributed by atoms with van der Waals surface area (Å²) in [4.78, 5) is 4.25. The predicted molar refractivity (Wildman–Crippen MR) is 61.4 cm³/mol. The molecule has 0 aliphatic carbocycles. The van der Waals surface area contributed by atoms with E-state index >= 15 is 0 Å². The Balaban J connectivity index is 2.31. The first-order valence-corrected chi connectivity index (χ1v) is 4.92. The molecule has 0 unspecified atom stereocenters. The Morgan fingerprint density at radius 2 is 2.47 bits per heavy atom. The summed E-state index contributed by atoms with van der Waals surface area (Å²) in [5.74, 6) is 0. The second-order valence-electron chi connectivity index (χ2n) is 3.24. The SMILES string of the molecule is C=CCOCCN=Cc1cn(C)nc1C. The van der Waals surface area contributed by atoms with E-state index in [1.54, 1.807) is 10.8 Å². The Morgan fingerprint density at radius 3 is 3.07 bits per heavy atom. The average molecular weight is 207 g/mol. The average Bonchev–Trinajstić information content (AvgIpc) is 2.51. The molecule has 4 nitrogen and oxygen atoms in total. The molecule has 0 bridgehead atoms. The number of nitrogens with zero attached hydrogens (tertiary/aromatic N) is 3. The highest BCUT2D eigenvalue weighted by molar-refractivity contribution is 5.80.